The average Bonchev–Trinajstić information content (AvgIpc) is 3.54. The number of aromatic nitrogens is 6. The summed E-state index contributed by atoms with van der Waals surface area (Å²) in [4.78, 5) is 25.5. The molecule has 0 spiro atoms. The predicted octanol–water partition coefficient (Wildman–Crippen LogP) is 3.55. The van der Waals surface area contributed by atoms with E-state index in [1.807, 2.05) is 57.8 Å². The molecule has 1 aliphatic rings. The second-order valence-corrected chi connectivity index (χ2v) is 7.61. The van der Waals surface area contributed by atoms with Crippen LogP contribution >= 0.6 is 0 Å². The van der Waals surface area contributed by atoms with Crippen LogP contribution in [-0.4, -0.2) is 48.4 Å². The summed E-state index contributed by atoms with van der Waals surface area (Å²) in [6.45, 7) is 5.27. The Morgan fingerprint density at radius 3 is 2.58 bits per heavy atom. The van der Waals surface area contributed by atoms with Crippen LogP contribution in [-0.2, 0) is 0 Å². The predicted molar refractivity (Wildman–Crippen MR) is 117 cm³/mol. The van der Waals surface area contributed by atoms with E-state index < -0.39 is 0 Å². The van der Waals surface area contributed by atoms with Crippen LogP contribution in [0.5, 0.6) is 0 Å². The molecule has 0 atom stereocenters. The van der Waals surface area contributed by atoms with Crippen LogP contribution < -0.4 is 9.80 Å². The van der Waals surface area contributed by atoms with E-state index in [1.165, 1.54) is 0 Å². The summed E-state index contributed by atoms with van der Waals surface area (Å²) in [5.41, 5.74) is 2.49. The Kier molecular flexibility index (Phi) is 4.70. The molecule has 1 saturated heterocycles. The van der Waals surface area contributed by atoms with Crippen LogP contribution in [0.4, 0.5) is 16.3 Å². The minimum Gasteiger partial charge on any atom is -0.310 e. The average molecular weight is 414 g/mol. The smallest absolute Gasteiger partial charge is 0.310 e. The Balaban J connectivity index is 1.42. The first kappa shape index (κ1) is 19.0. The van der Waals surface area contributed by atoms with E-state index in [0.29, 0.717) is 30.4 Å². The maximum absolute atomic E-state index is 13.2. The third-order valence-corrected chi connectivity index (χ3v) is 5.32. The zero-order valence-electron chi connectivity index (χ0n) is 17.3. The van der Waals surface area contributed by atoms with E-state index in [4.69, 9.17) is 4.98 Å². The lowest BCUT2D eigenvalue weighted by atomic mass is 10.2. The molecule has 0 bridgehead atoms. The largest absolute Gasteiger partial charge is 0.330 e. The first-order chi connectivity index (χ1) is 15.1. The maximum Gasteiger partial charge on any atom is 0.330 e. The molecule has 1 aliphatic heterocycles. The molecule has 3 aromatic heterocycles. The summed E-state index contributed by atoms with van der Waals surface area (Å²) in [6, 6.07) is 13.6. The van der Waals surface area contributed by atoms with Crippen molar-refractivity contribution in [3.8, 4) is 17.2 Å². The van der Waals surface area contributed by atoms with Crippen LogP contribution in [0, 0.1) is 0 Å². The molecule has 156 valence electrons. The first-order valence-electron chi connectivity index (χ1n) is 10.2. The lowest BCUT2D eigenvalue weighted by Gasteiger charge is -2.19. The number of hydrogen-bond donors (Lipinski definition) is 0. The van der Waals surface area contributed by atoms with Crippen LogP contribution in [0.1, 0.15) is 19.9 Å². The van der Waals surface area contributed by atoms with E-state index in [0.717, 1.165) is 11.4 Å². The highest BCUT2D eigenvalue weighted by atomic mass is 16.2. The van der Waals surface area contributed by atoms with Crippen molar-refractivity contribution in [3.05, 3.63) is 67.5 Å². The minimum absolute atomic E-state index is 0.0993. The van der Waals surface area contributed by atoms with Gasteiger partial charge in [0, 0.05) is 42.9 Å². The van der Waals surface area contributed by atoms with E-state index >= 15 is 0 Å². The topological polar surface area (TPSA) is 85.0 Å². The maximum atomic E-state index is 13.2. The Morgan fingerprint density at radius 2 is 1.77 bits per heavy atom. The fourth-order valence-electron chi connectivity index (χ4n) is 3.72. The van der Waals surface area contributed by atoms with E-state index in [2.05, 4.69) is 29.0 Å². The number of carbonyl (C=O) groups excluding carboxylic acids is 1. The third kappa shape index (κ3) is 3.43. The normalized spacial score (nSPS) is 14.1. The fourth-order valence-corrected chi connectivity index (χ4v) is 3.72. The molecule has 0 radical (unpaired) electrons. The zero-order valence-corrected chi connectivity index (χ0v) is 17.3. The van der Waals surface area contributed by atoms with Crippen molar-refractivity contribution >= 4 is 17.5 Å². The molecule has 0 saturated carbocycles. The molecule has 1 aromatic carbocycles. The number of rotatable bonds is 5. The van der Waals surface area contributed by atoms with Gasteiger partial charge >= 0.3 is 6.03 Å². The molecule has 5 rings (SSSR count). The molecule has 4 aromatic rings. The molecule has 0 aliphatic carbocycles. The lowest BCUT2D eigenvalue weighted by molar-refractivity contribution is 0.255. The Bertz CT molecular complexity index is 1210. The highest BCUT2D eigenvalue weighted by Gasteiger charge is 2.32. The van der Waals surface area contributed by atoms with Crippen LogP contribution in [0.25, 0.3) is 17.2 Å². The van der Waals surface area contributed by atoms with Gasteiger partial charge < -0.3 is 9.13 Å². The zero-order chi connectivity index (χ0) is 21.4. The number of benzene rings is 1. The van der Waals surface area contributed by atoms with E-state index in [9.17, 15) is 4.79 Å². The molecule has 4 heterocycles. The number of imidazole rings is 1. The standard InChI is InChI=1S/C22H22N8O/c1-16(2)30-15-24-26-21(30)19-7-4-8-20(25-19)29-12-11-28(22(29)31)18-6-3-5-17(13-18)27-10-9-23-14-27/h3-10,13-16H,11-12H2,1-2H3. The van der Waals surface area contributed by atoms with Crippen molar-refractivity contribution < 1.29 is 4.79 Å². The highest BCUT2D eigenvalue weighted by Crippen LogP contribution is 2.27. The van der Waals surface area contributed by atoms with Gasteiger partial charge in [0.25, 0.3) is 0 Å². The molecule has 0 N–H and O–H groups in total. The van der Waals surface area contributed by atoms with Gasteiger partial charge in [-0.1, -0.05) is 12.1 Å². The van der Waals surface area contributed by atoms with Crippen molar-refractivity contribution in [1.82, 2.24) is 29.3 Å². The van der Waals surface area contributed by atoms with Gasteiger partial charge in [0.15, 0.2) is 5.82 Å². The SMILES string of the molecule is CC(C)n1cnnc1-c1cccc(N2CCN(c3cccc(-n4ccnc4)c3)C2=O)n1. The van der Waals surface area contributed by atoms with Gasteiger partial charge in [-0.15, -0.1) is 10.2 Å². The van der Waals surface area contributed by atoms with E-state index in [1.54, 1.807) is 28.7 Å². The highest BCUT2D eigenvalue weighted by molar-refractivity contribution is 6.05. The number of carbonyl (C=O) groups is 1. The van der Waals surface area contributed by atoms with Gasteiger partial charge in [0.2, 0.25) is 0 Å². The molecule has 9 heteroatoms. The second-order valence-electron chi connectivity index (χ2n) is 7.61. The summed E-state index contributed by atoms with van der Waals surface area (Å²) in [7, 11) is 0. The Labute approximate surface area is 179 Å². The number of anilines is 2. The fraction of sp³-hybridized carbons (Fsp3) is 0.227. The van der Waals surface area contributed by atoms with Gasteiger partial charge in [0.1, 0.15) is 17.8 Å². The minimum atomic E-state index is -0.0993. The molecule has 1 fully saturated rings. The summed E-state index contributed by atoms with van der Waals surface area (Å²) in [5.74, 6) is 1.29. The summed E-state index contributed by atoms with van der Waals surface area (Å²) in [6.07, 6.45) is 7.05. The molecule has 0 unspecified atom stereocenters. The lowest BCUT2D eigenvalue weighted by Crippen LogP contribution is -2.32. The number of amides is 2. The molecular weight excluding hydrogens is 392 g/mol. The quantitative estimate of drug-likeness (QED) is 0.499. The van der Waals surface area contributed by atoms with Crippen LogP contribution in [0.3, 0.4) is 0 Å². The number of pyridine rings is 1. The van der Waals surface area contributed by atoms with Crippen LogP contribution in [0.15, 0.2) is 67.5 Å². The van der Waals surface area contributed by atoms with Crippen molar-refractivity contribution in [2.45, 2.75) is 19.9 Å². The first-order valence-corrected chi connectivity index (χ1v) is 10.2. The van der Waals surface area contributed by atoms with Gasteiger partial charge in [-0.3, -0.25) is 9.80 Å². The number of hydrogen-bond acceptors (Lipinski definition) is 5. The Hall–Kier alpha value is -4.01. The summed E-state index contributed by atoms with van der Waals surface area (Å²) in [5, 5.41) is 8.24. The summed E-state index contributed by atoms with van der Waals surface area (Å²) >= 11 is 0. The molecule has 9 nitrogen and oxygen atoms in total. The molecular formula is C22H22N8O. The van der Waals surface area contributed by atoms with E-state index in [-0.39, 0.29) is 12.1 Å². The summed E-state index contributed by atoms with van der Waals surface area (Å²) < 4.78 is 3.88. The van der Waals surface area contributed by atoms with Crippen molar-refractivity contribution in [3.63, 3.8) is 0 Å². The van der Waals surface area contributed by atoms with Gasteiger partial charge in [-0.2, -0.15) is 0 Å². The van der Waals surface area contributed by atoms with Crippen LogP contribution in [0.2, 0.25) is 0 Å². The van der Waals surface area contributed by atoms with Gasteiger partial charge in [-0.05, 0) is 44.2 Å². The van der Waals surface area contributed by atoms with Crippen molar-refractivity contribution in [2.24, 2.45) is 0 Å². The van der Waals surface area contributed by atoms with Crippen molar-refractivity contribution in [2.75, 3.05) is 22.9 Å². The Morgan fingerprint density at radius 1 is 0.968 bits per heavy atom. The van der Waals surface area contributed by atoms with Gasteiger partial charge in [0.05, 0.1) is 6.33 Å². The third-order valence-electron chi connectivity index (χ3n) is 5.32. The molecule has 31 heavy (non-hydrogen) atoms. The monoisotopic (exact) mass is 414 g/mol. The van der Waals surface area contributed by atoms with Gasteiger partial charge in [-0.25, -0.2) is 14.8 Å². The molecule has 2 amide bonds. The number of urea groups is 1. The van der Waals surface area contributed by atoms with Crippen molar-refractivity contribution in [1.29, 1.82) is 0 Å². The number of nitrogens with zero attached hydrogens (tertiary/aromatic N) is 8. The second kappa shape index (κ2) is 7.67.